The van der Waals surface area contributed by atoms with E-state index in [9.17, 15) is 0 Å². The molecule has 0 bridgehead atoms. The van der Waals surface area contributed by atoms with E-state index in [-0.39, 0.29) is 0 Å². The Morgan fingerprint density at radius 2 is 2.20 bits per heavy atom. The lowest BCUT2D eigenvalue weighted by Crippen LogP contribution is -2.51. The second-order valence-electron chi connectivity index (χ2n) is 3.06. The summed E-state index contributed by atoms with van der Waals surface area (Å²) < 4.78 is 5.51. The van der Waals surface area contributed by atoms with E-state index in [1.54, 1.807) is 0 Å². The molecule has 2 saturated heterocycles. The van der Waals surface area contributed by atoms with Crippen LogP contribution in [0.5, 0.6) is 0 Å². The number of hydrogen-bond acceptors (Lipinski definition) is 3. The fourth-order valence-corrected chi connectivity index (χ4v) is 1.72. The standard InChI is InChI=1S/C7H14N2O/c1-2-8-4-7-6(1)3-9-5-10-7/h6-9H,1-5H2. The molecule has 0 saturated carbocycles. The first-order valence-electron chi connectivity index (χ1n) is 4.00. The van der Waals surface area contributed by atoms with Crippen LogP contribution in [-0.2, 0) is 4.74 Å². The van der Waals surface area contributed by atoms with Gasteiger partial charge in [0.15, 0.2) is 0 Å². The van der Waals surface area contributed by atoms with E-state index in [0.29, 0.717) is 6.10 Å². The maximum atomic E-state index is 5.51. The van der Waals surface area contributed by atoms with E-state index in [4.69, 9.17) is 4.74 Å². The molecule has 3 nitrogen and oxygen atoms in total. The molecule has 2 aliphatic rings. The highest BCUT2D eigenvalue weighted by Crippen LogP contribution is 2.16. The van der Waals surface area contributed by atoms with Crippen molar-refractivity contribution in [2.24, 2.45) is 5.92 Å². The van der Waals surface area contributed by atoms with Gasteiger partial charge in [-0.2, -0.15) is 0 Å². The van der Waals surface area contributed by atoms with Gasteiger partial charge in [-0.05, 0) is 13.0 Å². The molecular formula is C7H14N2O. The second kappa shape index (κ2) is 2.86. The van der Waals surface area contributed by atoms with Crippen molar-refractivity contribution in [3.05, 3.63) is 0 Å². The van der Waals surface area contributed by atoms with Gasteiger partial charge in [-0.15, -0.1) is 0 Å². The van der Waals surface area contributed by atoms with Crippen LogP contribution >= 0.6 is 0 Å². The number of piperidine rings is 1. The van der Waals surface area contributed by atoms with Crippen molar-refractivity contribution in [1.29, 1.82) is 0 Å². The van der Waals surface area contributed by atoms with Gasteiger partial charge in [0.2, 0.25) is 0 Å². The van der Waals surface area contributed by atoms with Gasteiger partial charge in [-0.1, -0.05) is 0 Å². The number of nitrogens with one attached hydrogen (secondary N) is 2. The van der Waals surface area contributed by atoms with E-state index in [0.717, 1.165) is 32.3 Å². The maximum Gasteiger partial charge on any atom is 0.0969 e. The minimum Gasteiger partial charge on any atom is -0.361 e. The molecular weight excluding hydrogens is 128 g/mol. The fourth-order valence-electron chi connectivity index (χ4n) is 1.72. The molecule has 2 fully saturated rings. The molecule has 0 aromatic rings. The Balaban J connectivity index is 1.93. The minimum absolute atomic E-state index is 0.481. The lowest BCUT2D eigenvalue weighted by molar-refractivity contribution is -0.0436. The van der Waals surface area contributed by atoms with Gasteiger partial charge >= 0.3 is 0 Å². The van der Waals surface area contributed by atoms with Crippen LogP contribution in [-0.4, -0.2) is 32.5 Å². The second-order valence-corrected chi connectivity index (χ2v) is 3.06. The molecule has 0 amide bonds. The molecule has 0 aromatic heterocycles. The highest BCUT2D eigenvalue weighted by atomic mass is 16.5. The Hall–Kier alpha value is -0.120. The van der Waals surface area contributed by atoms with Gasteiger partial charge in [0.1, 0.15) is 0 Å². The van der Waals surface area contributed by atoms with E-state index in [2.05, 4.69) is 10.6 Å². The average Bonchev–Trinajstić information content (AvgIpc) is 2.05. The van der Waals surface area contributed by atoms with Crippen LogP contribution in [0.2, 0.25) is 0 Å². The van der Waals surface area contributed by atoms with E-state index in [1.165, 1.54) is 6.42 Å². The predicted octanol–water partition coefficient (Wildman–Crippen LogP) is -0.458. The Morgan fingerprint density at radius 1 is 1.20 bits per heavy atom. The normalized spacial score (nSPS) is 40.8. The number of rotatable bonds is 0. The van der Waals surface area contributed by atoms with Crippen molar-refractivity contribution in [3.8, 4) is 0 Å². The monoisotopic (exact) mass is 142 g/mol. The first-order chi connectivity index (χ1) is 4.97. The van der Waals surface area contributed by atoms with Crippen LogP contribution < -0.4 is 10.6 Å². The Bertz CT molecular complexity index is 92.2. The van der Waals surface area contributed by atoms with Crippen molar-refractivity contribution in [2.75, 3.05) is 26.4 Å². The number of ether oxygens (including phenoxy) is 1. The fraction of sp³-hybridized carbons (Fsp3) is 1.00. The van der Waals surface area contributed by atoms with Crippen molar-refractivity contribution in [2.45, 2.75) is 12.5 Å². The lowest BCUT2D eigenvalue weighted by atomic mass is 9.94. The van der Waals surface area contributed by atoms with Crippen molar-refractivity contribution in [3.63, 3.8) is 0 Å². The van der Waals surface area contributed by atoms with Crippen molar-refractivity contribution >= 4 is 0 Å². The molecule has 0 radical (unpaired) electrons. The molecule has 2 unspecified atom stereocenters. The SMILES string of the molecule is C1CC2CNCOC2CN1. The van der Waals surface area contributed by atoms with Crippen molar-refractivity contribution < 1.29 is 4.74 Å². The van der Waals surface area contributed by atoms with Crippen LogP contribution in [0, 0.1) is 5.92 Å². The predicted molar refractivity (Wildman–Crippen MR) is 38.7 cm³/mol. The zero-order valence-electron chi connectivity index (χ0n) is 6.10. The Morgan fingerprint density at radius 3 is 3.10 bits per heavy atom. The zero-order chi connectivity index (χ0) is 6.81. The maximum absolute atomic E-state index is 5.51. The lowest BCUT2D eigenvalue weighted by Gasteiger charge is -2.36. The molecule has 0 aromatic carbocycles. The minimum atomic E-state index is 0.481. The third-order valence-electron chi connectivity index (χ3n) is 2.37. The third kappa shape index (κ3) is 1.17. The summed E-state index contributed by atoms with van der Waals surface area (Å²) in [6.07, 6.45) is 1.74. The zero-order valence-corrected chi connectivity index (χ0v) is 6.10. The highest BCUT2D eigenvalue weighted by molar-refractivity contribution is 4.82. The quantitative estimate of drug-likeness (QED) is 0.480. The van der Waals surface area contributed by atoms with Crippen LogP contribution in [0.1, 0.15) is 6.42 Å². The van der Waals surface area contributed by atoms with Crippen LogP contribution in [0.15, 0.2) is 0 Å². The summed E-state index contributed by atoms with van der Waals surface area (Å²) in [6.45, 7) is 4.09. The number of hydrogen-bond donors (Lipinski definition) is 2. The molecule has 10 heavy (non-hydrogen) atoms. The Labute approximate surface area is 61.1 Å². The number of fused-ring (bicyclic) bond motifs is 1. The topological polar surface area (TPSA) is 33.3 Å². The summed E-state index contributed by atoms with van der Waals surface area (Å²) in [6, 6.07) is 0. The molecule has 2 atom stereocenters. The van der Waals surface area contributed by atoms with Crippen molar-refractivity contribution in [1.82, 2.24) is 10.6 Å². The summed E-state index contributed by atoms with van der Waals surface area (Å²) in [4.78, 5) is 0. The smallest absolute Gasteiger partial charge is 0.0969 e. The summed E-state index contributed by atoms with van der Waals surface area (Å²) in [5, 5.41) is 6.57. The van der Waals surface area contributed by atoms with Crippen LogP contribution in [0.25, 0.3) is 0 Å². The Kier molecular flexibility index (Phi) is 1.88. The highest BCUT2D eigenvalue weighted by Gasteiger charge is 2.27. The average molecular weight is 142 g/mol. The molecule has 0 aliphatic carbocycles. The summed E-state index contributed by atoms with van der Waals surface area (Å²) in [5.74, 6) is 0.759. The van der Waals surface area contributed by atoms with Gasteiger partial charge < -0.3 is 10.1 Å². The van der Waals surface area contributed by atoms with E-state index < -0.39 is 0 Å². The summed E-state index contributed by atoms with van der Waals surface area (Å²) >= 11 is 0. The molecule has 0 spiro atoms. The molecule has 2 N–H and O–H groups in total. The largest absolute Gasteiger partial charge is 0.361 e. The summed E-state index contributed by atoms with van der Waals surface area (Å²) in [5.41, 5.74) is 0. The molecule has 2 rings (SSSR count). The van der Waals surface area contributed by atoms with Crippen LogP contribution in [0.4, 0.5) is 0 Å². The first-order valence-corrected chi connectivity index (χ1v) is 4.00. The summed E-state index contributed by atoms with van der Waals surface area (Å²) in [7, 11) is 0. The molecule has 58 valence electrons. The van der Waals surface area contributed by atoms with Crippen LogP contribution in [0.3, 0.4) is 0 Å². The van der Waals surface area contributed by atoms with Gasteiger partial charge in [0, 0.05) is 19.0 Å². The van der Waals surface area contributed by atoms with E-state index in [1.807, 2.05) is 0 Å². The van der Waals surface area contributed by atoms with Gasteiger partial charge in [0.25, 0.3) is 0 Å². The molecule has 2 heterocycles. The van der Waals surface area contributed by atoms with Gasteiger partial charge in [0.05, 0.1) is 12.8 Å². The first kappa shape index (κ1) is 6.58. The van der Waals surface area contributed by atoms with Gasteiger partial charge in [-0.3, -0.25) is 5.32 Å². The van der Waals surface area contributed by atoms with Gasteiger partial charge in [-0.25, -0.2) is 0 Å². The molecule has 3 heteroatoms. The third-order valence-corrected chi connectivity index (χ3v) is 2.37. The van der Waals surface area contributed by atoms with E-state index >= 15 is 0 Å². The molecule has 2 aliphatic heterocycles.